The molecule has 5 nitrogen and oxygen atoms in total. The maximum absolute atomic E-state index is 5.95. The first kappa shape index (κ1) is 17.7. The highest BCUT2D eigenvalue weighted by Gasteiger charge is 2.20. The molecule has 0 amide bonds. The Morgan fingerprint density at radius 2 is 1.96 bits per heavy atom. The number of methoxy groups -OCH3 is 1. The fraction of sp³-hybridized carbons (Fsp3) is 0.500. The minimum absolute atomic E-state index is 0.594. The highest BCUT2D eigenvalue weighted by atomic mass is 16.5. The highest BCUT2D eigenvalue weighted by molar-refractivity contribution is 5.28. The average molecular weight is 341 g/mol. The summed E-state index contributed by atoms with van der Waals surface area (Å²) in [7, 11) is 1.71. The number of piperidine rings is 1. The van der Waals surface area contributed by atoms with Crippen LogP contribution < -0.4 is 9.47 Å². The fourth-order valence-electron chi connectivity index (χ4n) is 3.20. The molecule has 1 aromatic carbocycles. The third-order valence-corrected chi connectivity index (χ3v) is 4.99. The van der Waals surface area contributed by atoms with Crippen molar-refractivity contribution in [1.29, 1.82) is 0 Å². The minimum atomic E-state index is 0.594. The number of rotatable bonds is 6. The van der Waals surface area contributed by atoms with Gasteiger partial charge in [-0.15, -0.1) is 0 Å². The summed E-state index contributed by atoms with van der Waals surface area (Å²) in [6.45, 7) is 7.93. The molecule has 5 heteroatoms. The number of likely N-dealkylation sites (tertiary alicyclic amines) is 1. The normalized spacial score (nSPS) is 16.0. The van der Waals surface area contributed by atoms with E-state index in [-0.39, 0.29) is 0 Å². The lowest BCUT2D eigenvalue weighted by molar-refractivity contribution is 0.134. The molecule has 0 N–H and O–H groups in total. The van der Waals surface area contributed by atoms with Gasteiger partial charge in [0.1, 0.15) is 12.1 Å². The van der Waals surface area contributed by atoms with Crippen LogP contribution in [-0.2, 0) is 6.54 Å². The number of benzene rings is 1. The summed E-state index contributed by atoms with van der Waals surface area (Å²) in [5.41, 5.74) is 3.33. The van der Waals surface area contributed by atoms with E-state index in [0.29, 0.717) is 5.92 Å². The zero-order chi connectivity index (χ0) is 17.6. The maximum atomic E-state index is 5.95. The lowest BCUT2D eigenvalue weighted by atomic mass is 9.97. The largest absolute Gasteiger partial charge is 0.497 e. The van der Waals surface area contributed by atoms with E-state index in [1.54, 1.807) is 13.4 Å². The zero-order valence-electron chi connectivity index (χ0n) is 15.4. The number of hydrogen-bond donors (Lipinski definition) is 0. The van der Waals surface area contributed by atoms with Crippen LogP contribution >= 0.6 is 0 Å². The van der Waals surface area contributed by atoms with Crippen molar-refractivity contribution in [2.45, 2.75) is 33.2 Å². The van der Waals surface area contributed by atoms with Crippen LogP contribution in [0.1, 0.15) is 29.7 Å². The lowest BCUT2D eigenvalue weighted by Crippen LogP contribution is -2.35. The molecule has 0 unspecified atom stereocenters. The van der Waals surface area contributed by atoms with Gasteiger partial charge in [-0.25, -0.2) is 9.97 Å². The Bertz CT molecular complexity index is 697. The van der Waals surface area contributed by atoms with Crippen LogP contribution in [0.3, 0.4) is 0 Å². The van der Waals surface area contributed by atoms with E-state index in [0.717, 1.165) is 62.0 Å². The molecule has 1 saturated heterocycles. The molecule has 0 aliphatic carbocycles. The molecule has 2 heterocycles. The van der Waals surface area contributed by atoms with E-state index < -0.39 is 0 Å². The Morgan fingerprint density at radius 1 is 1.16 bits per heavy atom. The third-order valence-electron chi connectivity index (χ3n) is 4.99. The van der Waals surface area contributed by atoms with Crippen LogP contribution in [0.25, 0.3) is 0 Å². The van der Waals surface area contributed by atoms with Crippen molar-refractivity contribution in [1.82, 2.24) is 14.9 Å². The molecule has 0 radical (unpaired) electrons. The number of nitrogens with zero attached hydrogens (tertiary/aromatic N) is 3. The van der Waals surface area contributed by atoms with E-state index in [1.165, 1.54) is 5.56 Å². The van der Waals surface area contributed by atoms with Crippen molar-refractivity contribution in [3.8, 4) is 11.6 Å². The molecule has 2 aromatic rings. The second-order valence-corrected chi connectivity index (χ2v) is 6.77. The van der Waals surface area contributed by atoms with Gasteiger partial charge < -0.3 is 9.47 Å². The topological polar surface area (TPSA) is 47.5 Å². The SMILES string of the molecule is COc1cccc(CN2CCC(COc3ncnc(C)c3C)CC2)c1. The van der Waals surface area contributed by atoms with Crippen molar-refractivity contribution >= 4 is 0 Å². The van der Waals surface area contributed by atoms with Gasteiger partial charge in [-0.1, -0.05) is 12.1 Å². The first-order valence-corrected chi connectivity index (χ1v) is 8.92. The number of aryl methyl sites for hydroxylation is 1. The molecule has 1 aliphatic heterocycles. The van der Waals surface area contributed by atoms with Gasteiger partial charge in [0.2, 0.25) is 5.88 Å². The Balaban J connectivity index is 1.46. The third kappa shape index (κ3) is 4.69. The van der Waals surface area contributed by atoms with Crippen LogP contribution in [0.5, 0.6) is 11.6 Å². The summed E-state index contributed by atoms with van der Waals surface area (Å²) in [6.07, 6.45) is 3.90. The molecule has 0 atom stereocenters. The first-order valence-electron chi connectivity index (χ1n) is 8.92. The lowest BCUT2D eigenvalue weighted by Gasteiger charge is -2.31. The van der Waals surface area contributed by atoms with Crippen molar-refractivity contribution in [2.24, 2.45) is 5.92 Å². The molecule has 0 saturated carbocycles. The molecule has 3 rings (SSSR count). The molecule has 1 aliphatic rings. The smallest absolute Gasteiger partial charge is 0.219 e. The molecule has 1 fully saturated rings. The van der Waals surface area contributed by atoms with Crippen molar-refractivity contribution in [3.05, 3.63) is 47.4 Å². The Labute approximate surface area is 150 Å². The van der Waals surface area contributed by atoms with Gasteiger partial charge in [-0.05, 0) is 63.4 Å². The van der Waals surface area contributed by atoms with Gasteiger partial charge in [0.05, 0.1) is 13.7 Å². The number of ether oxygens (including phenoxy) is 2. The summed E-state index contributed by atoms with van der Waals surface area (Å²) < 4.78 is 11.3. The predicted molar refractivity (Wildman–Crippen MR) is 98.0 cm³/mol. The Morgan fingerprint density at radius 3 is 2.72 bits per heavy atom. The summed E-state index contributed by atoms with van der Waals surface area (Å²) >= 11 is 0. The van der Waals surface area contributed by atoms with Gasteiger partial charge in [0.15, 0.2) is 0 Å². The van der Waals surface area contributed by atoms with E-state index in [9.17, 15) is 0 Å². The molecule has 0 bridgehead atoms. The standard InChI is InChI=1S/C20H27N3O2/c1-15-16(2)21-14-22-20(15)25-13-17-7-9-23(10-8-17)12-18-5-4-6-19(11-18)24-3/h4-6,11,14,17H,7-10,12-13H2,1-3H3. The maximum Gasteiger partial charge on any atom is 0.219 e. The van der Waals surface area contributed by atoms with Gasteiger partial charge in [0, 0.05) is 17.8 Å². The van der Waals surface area contributed by atoms with Crippen LogP contribution in [0, 0.1) is 19.8 Å². The molecular weight excluding hydrogens is 314 g/mol. The van der Waals surface area contributed by atoms with Crippen LogP contribution in [0.15, 0.2) is 30.6 Å². The van der Waals surface area contributed by atoms with Gasteiger partial charge in [0.25, 0.3) is 0 Å². The molecular formula is C20H27N3O2. The van der Waals surface area contributed by atoms with Gasteiger partial charge in [-0.3, -0.25) is 4.90 Å². The summed E-state index contributed by atoms with van der Waals surface area (Å²) in [5, 5.41) is 0. The summed E-state index contributed by atoms with van der Waals surface area (Å²) in [6, 6.07) is 8.33. The van der Waals surface area contributed by atoms with Gasteiger partial charge in [-0.2, -0.15) is 0 Å². The average Bonchev–Trinajstić information content (AvgIpc) is 2.64. The van der Waals surface area contributed by atoms with Crippen LogP contribution in [0.4, 0.5) is 0 Å². The molecule has 1 aromatic heterocycles. The minimum Gasteiger partial charge on any atom is -0.497 e. The van der Waals surface area contributed by atoms with E-state index in [2.05, 4.69) is 33.1 Å². The van der Waals surface area contributed by atoms with Gasteiger partial charge >= 0.3 is 0 Å². The van der Waals surface area contributed by atoms with Crippen molar-refractivity contribution in [3.63, 3.8) is 0 Å². The van der Waals surface area contributed by atoms with Crippen molar-refractivity contribution in [2.75, 3.05) is 26.8 Å². The zero-order valence-corrected chi connectivity index (χ0v) is 15.4. The Kier molecular flexibility index (Phi) is 5.87. The van der Waals surface area contributed by atoms with Crippen LogP contribution in [0.2, 0.25) is 0 Å². The fourth-order valence-corrected chi connectivity index (χ4v) is 3.20. The van der Waals surface area contributed by atoms with Crippen molar-refractivity contribution < 1.29 is 9.47 Å². The van der Waals surface area contributed by atoms with Crippen LogP contribution in [-0.4, -0.2) is 41.7 Å². The predicted octanol–water partition coefficient (Wildman–Crippen LogP) is 3.39. The summed E-state index contributed by atoms with van der Waals surface area (Å²) in [5.74, 6) is 2.25. The number of aromatic nitrogens is 2. The number of hydrogen-bond acceptors (Lipinski definition) is 5. The second kappa shape index (κ2) is 8.30. The quantitative estimate of drug-likeness (QED) is 0.806. The summed E-state index contributed by atoms with van der Waals surface area (Å²) in [4.78, 5) is 10.9. The van der Waals surface area contributed by atoms with E-state index in [1.807, 2.05) is 19.9 Å². The van der Waals surface area contributed by atoms with E-state index in [4.69, 9.17) is 9.47 Å². The van der Waals surface area contributed by atoms with E-state index >= 15 is 0 Å². The molecule has 134 valence electrons. The highest BCUT2D eigenvalue weighted by Crippen LogP contribution is 2.23. The Hall–Kier alpha value is -2.14. The second-order valence-electron chi connectivity index (χ2n) is 6.77. The molecule has 25 heavy (non-hydrogen) atoms. The molecule has 0 spiro atoms. The monoisotopic (exact) mass is 341 g/mol. The first-order chi connectivity index (χ1) is 12.2.